The minimum atomic E-state index is -4.29. The van der Waals surface area contributed by atoms with Crippen molar-refractivity contribution in [3.05, 3.63) is 130 Å². The Labute approximate surface area is 275 Å². The van der Waals surface area contributed by atoms with E-state index < -0.39 is 28.5 Å². The lowest BCUT2D eigenvalue weighted by atomic mass is 10.0. The number of halogens is 2. The van der Waals surface area contributed by atoms with E-state index in [1.807, 2.05) is 75.4 Å². The van der Waals surface area contributed by atoms with E-state index in [9.17, 15) is 18.0 Å². The molecule has 1 N–H and O–H groups in total. The van der Waals surface area contributed by atoms with E-state index in [0.717, 1.165) is 21.0 Å². The van der Waals surface area contributed by atoms with Gasteiger partial charge in [-0.15, -0.1) is 0 Å². The second-order valence-electron chi connectivity index (χ2n) is 11.3. The van der Waals surface area contributed by atoms with Crippen molar-refractivity contribution in [3.63, 3.8) is 0 Å². The third kappa shape index (κ3) is 9.10. The van der Waals surface area contributed by atoms with Gasteiger partial charge in [-0.1, -0.05) is 115 Å². The molecule has 236 valence electrons. The van der Waals surface area contributed by atoms with Gasteiger partial charge in [-0.25, -0.2) is 8.42 Å². The number of nitrogens with one attached hydrogen (secondary N) is 1. The van der Waals surface area contributed by atoms with E-state index in [-0.39, 0.29) is 45.4 Å². The molecule has 0 unspecified atom stereocenters. The number of benzene rings is 4. The molecule has 0 heterocycles. The van der Waals surface area contributed by atoms with E-state index in [4.69, 9.17) is 23.2 Å². The molecule has 0 bridgehead atoms. The summed E-state index contributed by atoms with van der Waals surface area (Å²) in [6.07, 6.45) is 0.228. The Morgan fingerprint density at radius 1 is 0.822 bits per heavy atom. The number of hydrogen-bond donors (Lipinski definition) is 1. The highest BCUT2D eigenvalue weighted by molar-refractivity contribution is 7.92. The Hall–Kier alpha value is -3.85. The molecule has 45 heavy (non-hydrogen) atoms. The number of nitrogens with zero attached hydrogens (tertiary/aromatic N) is 2. The average Bonchev–Trinajstić information content (AvgIpc) is 3.02. The van der Waals surface area contributed by atoms with E-state index in [1.165, 1.54) is 29.2 Å². The summed E-state index contributed by atoms with van der Waals surface area (Å²) in [5.74, 6) is -0.719. The van der Waals surface area contributed by atoms with Crippen molar-refractivity contribution in [2.24, 2.45) is 5.92 Å². The fourth-order valence-electron chi connectivity index (χ4n) is 4.89. The van der Waals surface area contributed by atoms with Crippen molar-refractivity contribution in [2.75, 3.05) is 17.4 Å². The topological polar surface area (TPSA) is 86.8 Å². The summed E-state index contributed by atoms with van der Waals surface area (Å²) in [6, 6.07) is 28.4. The molecule has 0 aromatic heterocycles. The standard InChI is InChI=1S/C35H37Cl2N3O4S/c1-25(2)22-38-35(42)33(20-27-12-6-4-7-13-27)39(23-28-14-10-11-26(3)19-28)34(41)24-40(32-21-29(36)17-18-31(32)37)45(43,44)30-15-8-5-9-16-30/h4-19,21,25,33H,20,22-24H2,1-3H3,(H,38,42)/t33-/m1/s1. The molecule has 0 radical (unpaired) electrons. The molecule has 0 aliphatic carbocycles. The predicted octanol–water partition coefficient (Wildman–Crippen LogP) is 6.91. The summed E-state index contributed by atoms with van der Waals surface area (Å²) < 4.78 is 29.2. The quantitative estimate of drug-likeness (QED) is 0.168. The van der Waals surface area contributed by atoms with Crippen LogP contribution in [0.3, 0.4) is 0 Å². The number of aryl methyl sites for hydroxylation is 1. The van der Waals surface area contributed by atoms with Gasteiger partial charge in [-0.3, -0.25) is 13.9 Å². The van der Waals surface area contributed by atoms with Gasteiger partial charge in [-0.05, 0) is 54.3 Å². The molecule has 10 heteroatoms. The van der Waals surface area contributed by atoms with Crippen LogP contribution in [0.25, 0.3) is 0 Å². The van der Waals surface area contributed by atoms with Gasteiger partial charge in [0.05, 0.1) is 15.6 Å². The molecule has 0 fully saturated rings. The Bertz CT molecular complexity index is 1720. The molecule has 0 aliphatic heterocycles. The van der Waals surface area contributed by atoms with Gasteiger partial charge < -0.3 is 10.2 Å². The first-order valence-electron chi connectivity index (χ1n) is 14.6. The van der Waals surface area contributed by atoms with Crippen LogP contribution in [-0.4, -0.2) is 44.3 Å². The van der Waals surface area contributed by atoms with Gasteiger partial charge in [0.2, 0.25) is 11.8 Å². The first kappa shape index (κ1) is 34.0. The SMILES string of the molecule is Cc1cccc(CN(C(=O)CN(c2cc(Cl)ccc2Cl)S(=O)(=O)c2ccccc2)[C@H](Cc2ccccc2)C(=O)NCC(C)C)c1. The smallest absolute Gasteiger partial charge is 0.264 e. The number of hydrogen-bond acceptors (Lipinski definition) is 4. The molecule has 1 atom stereocenters. The Balaban J connectivity index is 1.82. The van der Waals surface area contributed by atoms with E-state index >= 15 is 0 Å². The number of amides is 2. The largest absolute Gasteiger partial charge is 0.354 e. The third-order valence-corrected chi connectivity index (χ3v) is 9.51. The van der Waals surface area contributed by atoms with Gasteiger partial charge in [0.1, 0.15) is 12.6 Å². The maximum atomic E-state index is 14.5. The van der Waals surface area contributed by atoms with Crippen molar-refractivity contribution in [1.29, 1.82) is 0 Å². The second kappa shape index (κ2) is 15.4. The van der Waals surface area contributed by atoms with Gasteiger partial charge in [0, 0.05) is 24.5 Å². The zero-order valence-electron chi connectivity index (χ0n) is 25.5. The van der Waals surface area contributed by atoms with Crippen molar-refractivity contribution in [2.45, 2.75) is 44.7 Å². The summed E-state index contributed by atoms with van der Waals surface area (Å²) in [4.78, 5) is 29.8. The molecule has 2 amide bonds. The van der Waals surface area contributed by atoms with Crippen molar-refractivity contribution in [3.8, 4) is 0 Å². The highest BCUT2D eigenvalue weighted by Crippen LogP contribution is 2.33. The third-order valence-electron chi connectivity index (χ3n) is 7.18. The average molecular weight is 667 g/mol. The number of carbonyl (C=O) groups excluding carboxylic acids is 2. The van der Waals surface area contributed by atoms with Gasteiger partial charge in [0.15, 0.2) is 0 Å². The summed E-state index contributed by atoms with van der Waals surface area (Å²) in [6.45, 7) is 5.80. The fraction of sp³-hybridized carbons (Fsp3) is 0.257. The Kier molecular flexibility index (Phi) is 11.7. The van der Waals surface area contributed by atoms with Crippen LogP contribution in [-0.2, 0) is 32.6 Å². The van der Waals surface area contributed by atoms with Crippen LogP contribution in [0.2, 0.25) is 10.0 Å². The molecule has 0 saturated carbocycles. The maximum absolute atomic E-state index is 14.5. The molecule has 0 saturated heterocycles. The van der Waals surface area contributed by atoms with Crippen LogP contribution in [0.4, 0.5) is 5.69 Å². The predicted molar refractivity (Wildman–Crippen MR) is 181 cm³/mol. The second-order valence-corrected chi connectivity index (χ2v) is 14.0. The molecular weight excluding hydrogens is 629 g/mol. The molecule has 4 aromatic carbocycles. The zero-order chi connectivity index (χ0) is 32.6. The molecule has 0 spiro atoms. The summed E-state index contributed by atoms with van der Waals surface area (Å²) in [7, 11) is -4.29. The van der Waals surface area contributed by atoms with Crippen LogP contribution in [0, 0.1) is 12.8 Å². The van der Waals surface area contributed by atoms with Gasteiger partial charge in [0.25, 0.3) is 10.0 Å². The van der Waals surface area contributed by atoms with Crippen molar-refractivity contribution in [1.82, 2.24) is 10.2 Å². The fourth-order valence-corrected chi connectivity index (χ4v) is 6.78. The zero-order valence-corrected chi connectivity index (χ0v) is 27.8. The summed E-state index contributed by atoms with van der Waals surface area (Å²) in [5.41, 5.74) is 2.70. The number of carbonyl (C=O) groups is 2. The maximum Gasteiger partial charge on any atom is 0.264 e. The summed E-state index contributed by atoms with van der Waals surface area (Å²) in [5, 5.41) is 3.35. The normalized spacial score (nSPS) is 12.0. The number of sulfonamides is 1. The number of rotatable bonds is 13. The van der Waals surface area contributed by atoms with Crippen molar-refractivity contribution >= 4 is 50.7 Å². The lowest BCUT2D eigenvalue weighted by molar-refractivity contribution is -0.140. The summed E-state index contributed by atoms with van der Waals surface area (Å²) >= 11 is 12.8. The highest BCUT2D eigenvalue weighted by atomic mass is 35.5. The molecule has 4 aromatic rings. The Morgan fingerprint density at radius 2 is 1.47 bits per heavy atom. The first-order chi connectivity index (χ1) is 21.5. The monoisotopic (exact) mass is 665 g/mol. The van der Waals surface area contributed by atoms with Crippen LogP contribution in [0.15, 0.2) is 108 Å². The van der Waals surface area contributed by atoms with Crippen LogP contribution in [0.1, 0.15) is 30.5 Å². The highest BCUT2D eigenvalue weighted by Gasteiger charge is 2.35. The molecule has 4 rings (SSSR count). The lowest BCUT2D eigenvalue weighted by Gasteiger charge is -2.34. The molecule has 0 aliphatic rings. The van der Waals surface area contributed by atoms with E-state index in [0.29, 0.717) is 6.54 Å². The number of anilines is 1. The molecular formula is C35H37Cl2N3O4S. The molecule has 7 nitrogen and oxygen atoms in total. The van der Waals surface area contributed by atoms with Crippen LogP contribution < -0.4 is 9.62 Å². The van der Waals surface area contributed by atoms with Crippen LogP contribution in [0.5, 0.6) is 0 Å². The van der Waals surface area contributed by atoms with Gasteiger partial charge in [-0.2, -0.15) is 0 Å². The first-order valence-corrected chi connectivity index (χ1v) is 16.8. The van der Waals surface area contributed by atoms with Gasteiger partial charge >= 0.3 is 0 Å². The van der Waals surface area contributed by atoms with Crippen LogP contribution >= 0.6 is 23.2 Å². The Morgan fingerprint density at radius 3 is 2.11 bits per heavy atom. The lowest BCUT2D eigenvalue weighted by Crippen LogP contribution is -2.53. The van der Waals surface area contributed by atoms with Crippen molar-refractivity contribution < 1.29 is 18.0 Å². The van der Waals surface area contributed by atoms with E-state index in [1.54, 1.807) is 24.3 Å². The minimum Gasteiger partial charge on any atom is -0.354 e. The van der Waals surface area contributed by atoms with E-state index in [2.05, 4.69) is 5.32 Å². The minimum absolute atomic E-state index is 0.0189.